The van der Waals surface area contributed by atoms with Crippen LogP contribution in [0.5, 0.6) is 5.75 Å². The molecule has 3 N–H and O–H groups in total. The fraction of sp³-hybridized carbons (Fsp3) is 0. The average Bonchev–Trinajstić information content (AvgIpc) is 2.33. The second kappa shape index (κ2) is 6.51. The van der Waals surface area contributed by atoms with Crippen LogP contribution in [0, 0.1) is 0 Å². The molecule has 0 fully saturated rings. The maximum Gasteiger partial charge on any atom is 1.00 e. The third kappa shape index (κ3) is 4.25. The van der Waals surface area contributed by atoms with Gasteiger partial charge in [0.15, 0.2) is 0 Å². The molecule has 0 aliphatic carbocycles. The van der Waals surface area contributed by atoms with Gasteiger partial charge in [-0.2, -0.15) is 25.3 Å². The molecule has 10 nitrogen and oxygen atoms in total. The van der Waals surface area contributed by atoms with Crippen molar-refractivity contribution in [2.75, 3.05) is 0 Å². The zero-order chi connectivity index (χ0) is 17.8. The molecule has 0 amide bonds. The van der Waals surface area contributed by atoms with Gasteiger partial charge in [-0.25, -0.2) is 0 Å². The summed E-state index contributed by atoms with van der Waals surface area (Å²) in [6, 6.07) is 1.99. The Morgan fingerprint density at radius 1 is 0.708 bits per heavy atom. The summed E-state index contributed by atoms with van der Waals surface area (Å²) in [4.78, 5) is -3.04. The second-order valence-electron chi connectivity index (χ2n) is 4.37. The molecule has 0 aliphatic heterocycles. The van der Waals surface area contributed by atoms with Crippen LogP contribution in [0.1, 0.15) is 0 Å². The largest absolute Gasteiger partial charge is 1.00 e. The molecule has 0 saturated heterocycles. The van der Waals surface area contributed by atoms with E-state index in [9.17, 15) is 30.4 Å². The third-order valence-corrected chi connectivity index (χ3v) is 5.34. The molecule has 126 valence electrons. The maximum atomic E-state index is 11.9. The topological polar surface area (TPSA) is 186 Å². The van der Waals surface area contributed by atoms with Gasteiger partial charge in [-0.05, 0) is 35.0 Å². The van der Waals surface area contributed by atoms with Crippen molar-refractivity contribution in [2.45, 2.75) is 14.7 Å². The van der Waals surface area contributed by atoms with Gasteiger partial charge in [-0.3, -0.25) is 13.7 Å². The van der Waals surface area contributed by atoms with Crippen LogP contribution in [-0.4, -0.2) is 38.9 Å². The zero-order valence-electron chi connectivity index (χ0n) is 11.7. The molecule has 14 heteroatoms. The predicted molar refractivity (Wildman–Crippen MR) is 72.8 cm³/mol. The summed E-state index contributed by atoms with van der Waals surface area (Å²) in [5.41, 5.74) is 0. The number of fused-ring (bicyclic) bond motifs is 1. The van der Waals surface area contributed by atoms with Crippen molar-refractivity contribution >= 4 is 41.1 Å². The fourth-order valence-corrected chi connectivity index (χ4v) is 3.79. The van der Waals surface area contributed by atoms with Crippen molar-refractivity contribution in [1.29, 1.82) is 0 Å². The van der Waals surface area contributed by atoms with E-state index in [1.165, 1.54) is 0 Å². The van der Waals surface area contributed by atoms with Crippen LogP contribution < -0.4 is 34.7 Å². The van der Waals surface area contributed by atoms with Gasteiger partial charge in [0, 0.05) is 0 Å². The molecule has 0 radical (unpaired) electrons. The van der Waals surface area contributed by atoms with Gasteiger partial charge in [-0.1, -0.05) is 5.75 Å². The first-order valence-electron chi connectivity index (χ1n) is 5.42. The van der Waals surface area contributed by atoms with E-state index >= 15 is 0 Å². The van der Waals surface area contributed by atoms with E-state index in [4.69, 9.17) is 13.7 Å². The molecule has 0 saturated carbocycles. The van der Waals surface area contributed by atoms with Crippen LogP contribution in [-0.2, 0) is 30.4 Å². The van der Waals surface area contributed by atoms with Crippen molar-refractivity contribution in [3.63, 3.8) is 0 Å². The summed E-state index contributed by atoms with van der Waals surface area (Å²) in [6.45, 7) is 0. The first kappa shape index (κ1) is 21.3. The molecular formula is C10H7NaO10S3. The maximum absolute atomic E-state index is 11.9. The van der Waals surface area contributed by atoms with E-state index in [0.29, 0.717) is 24.3 Å². The predicted octanol–water partition coefficient (Wildman–Crippen LogP) is -3.34. The van der Waals surface area contributed by atoms with Gasteiger partial charge in [-0.15, -0.1) is 0 Å². The minimum atomic E-state index is -5.07. The van der Waals surface area contributed by atoms with E-state index in [1.807, 2.05) is 0 Å². The Bertz CT molecular complexity index is 1130. The van der Waals surface area contributed by atoms with Crippen molar-refractivity contribution < 1.29 is 73.6 Å². The number of rotatable bonds is 3. The standard InChI is InChI=1S/C10H8O10S3.Na/c11-8-3-6(21(12,13)14)1-5-2-7(22(15,16)17)4-9(10(5)8)23(18,19)20;/h1-4,11H,(H,12,13,14)(H,15,16,17)(H,18,19,20);/q;+1/p-1. The van der Waals surface area contributed by atoms with Crippen molar-refractivity contribution in [1.82, 2.24) is 0 Å². The molecule has 0 bridgehead atoms. The molecule has 0 spiro atoms. The van der Waals surface area contributed by atoms with Gasteiger partial charge >= 0.3 is 29.6 Å². The van der Waals surface area contributed by atoms with Gasteiger partial charge in [0.2, 0.25) is 0 Å². The van der Waals surface area contributed by atoms with Crippen molar-refractivity contribution in [3.05, 3.63) is 24.3 Å². The SMILES string of the molecule is O=S(=O)(O)c1cc([O-])c2c(S(=O)(=O)O)cc(S(=O)(=O)O)cc2c1.[Na+]. The molecule has 0 atom stereocenters. The van der Waals surface area contributed by atoms with E-state index in [1.54, 1.807) is 0 Å². The Hall–Kier alpha value is -0.770. The molecule has 0 heterocycles. The van der Waals surface area contributed by atoms with Crippen molar-refractivity contribution in [2.24, 2.45) is 0 Å². The number of hydrogen-bond acceptors (Lipinski definition) is 7. The molecular weight excluding hydrogens is 399 g/mol. The molecule has 0 unspecified atom stereocenters. The Balaban J connectivity index is 0.00000288. The summed E-state index contributed by atoms with van der Waals surface area (Å²) >= 11 is 0. The monoisotopic (exact) mass is 406 g/mol. The minimum absolute atomic E-state index is 0. The van der Waals surface area contributed by atoms with E-state index < -0.39 is 61.6 Å². The summed E-state index contributed by atoms with van der Waals surface area (Å²) in [7, 11) is -14.8. The van der Waals surface area contributed by atoms with Crippen LogP contribution in [0.2, 0.25) is 0 Å². The quantitative estimate of drug-likeness (QED) is 0.343. The van der Waals surface area contributed by atoms with Gasteiger partial charge < -0.3 is 5.11 Å². The van der Waals surface area contributed by atoms with Crippen LogP contribution in [0.3, 0.4) is 0 Å². The van der Waals surface area contributed by atoms with Gasteiger partial charge in [0.1, 0.15) is 4.90 Å². The zero-order valence-corrected chi connectivity index (χ0v) is 16.2. The average molecular weight is 406 g/mol. The number of hydrogen-bond donors (Lipinski definition) is 3. The summed E-state index contributed by atoms with van der Waals surface area (Å²) < 4.78 is 94.2. The summed E-state index contributed by atoms with van der Waals surface area (Å²) in [5.74, 6) is -1.20. The minimum Gasteiger partial charge on any atom is -0.872 e. The van der Waals surface area contributed by atoms with Crippen LogP contribution in [0.4, 0.5) is 0 Å². The molecule has 24 heavy (non-hydrogen) atoms. The van der Waals surface area contributed by atoms with E-state index in [-0.39, 0.29) is 29.6 Å². The van der Waals surface area contributed by atoms with Crippen LogP contribution in [0.15, 0.2) is 39.0 Å². The normalized spacial score (nSPS) is 12.8. The fourth-order valence-electron chi connectivity index (χ4n) is 1.89. The Morgan fingerprint density at radius 3 is 1.50 bits per heavy atom. The molecule has 2 rings (SSSR count). The summed E-state index contributed by atoms with van der Waals surface area (Å²) in [5, 5.41) is 10.7. The van der Waals surface area contributed by atoms with E-state index in [2.05, 4.69) is 0 Å². The molecule has 2 aromatic carbocycles. The molecule has 0 aliphatic rings. The third-order valence-electron chi connectivity index (χ3n) is 2.80. The van der Waals surface area contributed by atoms with Gasteiger partial charge in [0.05, 0.1) is 9.79 Å². The van der Waals surface area contributed by atoms with Crippen molar-refractivity contribution in [3.8, 4) is 5.75 Å². The second-order valence-corrected chi connectivity index (χ2v) is 8.60. The smallest absolute Gasteiger partial charge is 0.872 e. The van der Waals surface area contributed by atoms with Crippen LogP contribution >= 0.6 is 0 Å². The Morgan fingerprint density at radius 2 is 1.12 bits per heavy atom. The number of benzene rings is 2. The first-order chi connectivity index (χ1) is 10.2. The summed E-state index contributed by atoms with van der Waals surface area (Å²) in [6.07, 6.45) is 0. The first-order valence-corrected chi connectivity index (χ1v) is 9.74. The Labute approximate surface area is 158 Å². The van der Waals surface area contributed by atoms with Crippen LogP contribution in [0.25, 0.3) is 10.8 Å². The van der Waals surface area contributed by atoms with E-state index in [0.717, 1.165) is 0 Å². The van der Waals surface area contributed by atoms with Gasteiger partial charge in [0.25, 0.3) is 30.4 Å². The Kier molecular flexibility index (Phi) is 5.77. The molecule has 2 aromatic rings. The molecule has 0 aromatic heterocycles.